The highest BCUT2D eigenvalue weighted by Crippen LogP contribution is 2.44. The van der Waals surface area contributed by atoms with Crippen LogP contribution in [-0.4, -0.2) is 4.98 Å². The van der Waals surface area contributed by atoms with Crippen molar-refractivity contribution in [3.63, 3.8) is 0 Å². The molecular weight excluding hydrogens is 671 g/mol. The van der Waals surface area contributed by atoms with Crippen LogP contribution in [0.4, 0.5) is 34.3 Å². The molecule has 4 aromatic heterocycles. The van der Waals surface area contributed by atoms with Gasteiger partial charge in [-0.1, -0.05) is 78.9 Å². The molecule has 6 heteroatoms. The van der Waals surface area contributed by atoms with E-state index in [9.17, 15) is 0 Å². The highest BCUT2D eigenvalue weighted by molar-refractivity contribution is 7.25. The maximum Gasteiger partial charge on any atom is 0.139 e. The van der Waals surface area contributed by atoms with Crippen LogP contribution in [0.1, 0.15) is 0 Å². The second-order valence-corrected chi connectivity index (χ2v) is 14.2. The van der Waals surface area contributed by atoms with Crippen molar-refractivity contribution in [1.29, 1.82) is 0 Å². The second-order valence-electron chi connectivity index (χ2n) is 13.2. The number of rotatable bonds is 6. The molecule has 0 saturated heterocycles. The molecule has 0 atom stereocenters. The van der Waals surface area contributed by atoms with E-state index in [1.54, 1.807) is 11.3 Å². The number of furan rings is 2. The van der Waals surface area contributed by atoms with Gasteiger partial charge in [-0.3, -0.25) is 4.90 Å². The zero-order valence-electron chi connectivity index (χ0n) is 28.3. The van der Waals surface area contributed by atoms with Gasteiger partial charge in [0.15, 0.2) is 0 Å². The van der Waals surface area contributed by atoms with Gasteiger partial charge in [0.25, 0.3) is 0 Å². The van der Waals surface area contributed by atoms with Gasteiger partial charge < -0.3 is 13.7 Å². The van der Waals surface area contributed by atoms with Crippen molar-refractivity contribution in [3.8, 4) is 0 Å². The highest BCUT2D eigenvalue weighted by atomic mass is 32.1. The monoisotopic (exact) mass is 699 g/mol. The topological polar surface area (TPSA) is 45.7 Å². The molecule has 0 fully saturated rings. The molecule has 4 heterocycles. The van der Waals surface area contributed by atoms with E-state index in [1.807, 2.05) is 30.3 Å². The van der Waals surface area contributed by atoms with E-state index < -0.39 is 0 Å². The summed E-state index contributed by atoms with van der Waals surface area (Å²) >= 11 is 1.72. The van der Waals surface area contributed by atoms with Gasteiger partial charge in [0, 0.05) is 71.9 Å². The molecular formula is C47H29N3O2S. The lowest BCUT2D eigenvalue weighted by Crippen LogP contribution is -2.11. The zero-order chi connectivity index (χ0) is 34.9. The third-order valence-electron chi connectivity index (χ3n) is 10.1. The first-order chi connectivity index (χ1) is 26.2. The van der Waals surface area contributed by atoms with E-state index in [4.69, 9.17) is 13.8 Å². The Kier molecular flexibility index (Phi) is 6.66. The largest absolute Gasteiger partial charge is 0.456 e. The van der Waals surface area contributed by atoms with Crippen LogP contribution in [0.2, 0.25) is 0 Å². The SMILES string of the molecule is c1ccc(N(c2ccc3c(c2)oc2ccccc23)c2ccc3c(c2)sc2nc(N(c4ccccc4)c4ccc5c(c4)oc4ccccc45)ccc23)cc1. The van der Waals surface area contributed by atoms with Crippen molar-refractivity contribution < 1.29 is 8.83 Å². The fraction of sp³-hybridized carbons (Fsp3) is 0. The lowest BCUT2D eigenvalue weighted by atomic mass is 10.1. The summed E-state index contributed by atoms with van der Waals surface area (Å²) in [5.74, 6) is 0.844. The normalized spacial score (nSPS) is 11.8. The average Bonchev–Trinajstić information content (AvgIpc) is 3.89. The first-order valence-corrected chi connectivity index (χ1v) is 18.4. The number of fused-ring (bicyclic) bond motifs is 9. The van der Waals surface area contributed by atoms with Gasteiger partial charge in [0.2, 0.25) is 0 Å². The van der Waals surface area contributed by atoms with E-state index in [2.05, 4.69) is 155 Å². The molecule has 11 aromatic rings. The van der Waals surface area contributed by atoms with Gasteiger partial charge >= 0.3 is 0 Å². The molecule has 0 bridgehead atoms. The Morgan fingerprint density at radius 2 is 0.830 bits per heavy atom. The molecule has 0 spiro atoms. The summed E-state index contributed by atoms with van der Waals surface area (Å²) in [6.07, 6.45) is 0. The van der Waals surface area contributed by atoms with Crippen molar-refractivity contribution in [2.75, 3.05) is 9.80 Å². The maximum absolute atomic E-state index is 6.31. The van der Waals surface area contributed by atoms with Crippen LogP contribution in [0.5, 0.6) is 0 Å². The number of thiophene rings is 1. The smallest absolute Gasteiger partial charge is 0.139 e. The minimum Gasteiger partial charge on any atom is -0.456 e. The molecule has 250 valence electrons. The summed E-state index contributed by atoms with van der Waals surface area (Å²) in [5, 5.41) is 6.77. The first kappa shape index (κ1) is 29.8. The highest BCUT2D eigenvalue weighted by Gasteiger charge is 2.20. The molecule has 0 N–H and O–H groups in total. The van der Waals surface area contributed by atoms with Crippen LogP contribution in [0, 0.1) is 0 Å². The van der Waals surface area contributed by atoms with Crippen LogP contribution in [0.3, 0.4) is 0 Å². The van der Waals surface area contributed by atoms with E-state index >= 15 is 0 Å². The third kappa shape index (κ3) is 4.88. The number of aromatic nitrogens is 1. The van der Waals surface area contributed by atoms with Gasteiger partial charge in [0.1, 0.15) is 33.0 Å². The number of anilines is 6. The maximum atomic E-state index is 6.31. The lowest BCUT2D eigenvalue weighted by Gasteiger charge is -2.25. The van der Waals surface area contributed by atoms with Crippen molar-refractivity contribution in [1.82, 2.24) is 4.98 Å². The van der Waals surface area contributed by atoms with E-state index in [0.717, 1.165) is 88.3 Å². The molecule has 5 nitrogen and oxygen atoms in total. The fourth-order valence-electron chi connectivity index (χ4n) is 7.62. The molecule has 0 radical (unpaired) electrons. The molecule has 11 rings (SSSR count). The van der Waals surface area contributed by atoms with E-state index in [0.29, 0.717) is 0 Å². The molecule has 7 aromatic carbocycles. The number of pyridine rings is 1. The summed E-state index contributed by atoms with van der Waals surface area (Å²) in [6, 6.07) is 61.2. The van der Waals surface area contributed by atoms with Gasteiger partial charge in [-0.05, 0) is 84.9 Å². The number of para-hydroxylation sites is 4. The Bertz CT molecular complexity index is 2930. The molecule has 0 saturated carbocycles. The van der Waals surface area contributed by atoms with Crippen LogP contribution in [-0.2, 0) is 0 Å². The summed E-state index contributed by atoms with van der Waals surface area (Å²) in [6.45, 7) is 0. The van der Waals surface area contributed by atoms with Gasteiger partial charge in [-0.25, -0.2) is 4.98 Å². The lowest BCUT2D eigenvalue weighted by molar-refractivity contribution is 0.668. The van der Waals surface area contributed by atoms with Crippen LogP contribution in [0.25, 0.3) is 64.2 Å². The van der Waals surface area contributed by atoms with Gasteiger partial charge in [-0.2, -0.15) is 0 Å². The Hall–Kier alpha value is -6.89. The third-order valence-corrected chi connectivity index (χ3v) is 11.1. The number of nitrogens with zero attached hydrogens (tertiary/aromatic N) is 3. The summed E-state index contributed by atoms with van der Waals surface area (Å²) in [7, 11) is 0. The molecule has 0 amide bonds. The first-order valence-electron chi connectivity index (χ1n) is 17.6. The van der Waals surface area contributed by atoms with Crippen molar-refractivity contribution in [3.05, 3.63) is 176 Å². The molecule has 0 aliphatic carbocycles. The summed E-state index contributed by atoms with van der Waals surface area (Å²) in [4.78, 5) is 10.8. The summed E-state index contributed by atoms with van der Waals surface area (Å²) in [5.41, 5.74) is 8.68. The fourth-order valence-corrected chi connectivity index (χ4v) is 8.72. The van der Waals surface area contributed by atoms with Gasteiger partial charge in [0.05, 0.1) is 5.69 Å². The van der Waals surface area contributed by atoms with Crippen molar-refractivity contribution in [2.24, 2.45) is 0 Å². The Morgan fingerprint density at radius 1 is 0.358 bits per heavy atom. The molecule has 53 heavy (non-hydrogen) atoms. The van der Waals surface area contributed by atoms with E-state index in [1.165, 1.54) is 10.1 Å². The number of hydrogen-bond acceptors (Lipinski definition) is 6. The van der Waals surface area contributed by atoms with E-state index in [-0.39, 0.29) is 0 Å². The Morgan fingerprint density at radius 3 is 1.45 bits per heavy atom. The Balaban J connectivity index is 1.03. The van der Waals surface area contributed by atoms with Crippen LogP contribution in [0.15, 0.2) is 185 Å². The minimum atomic E-state index is 0.844. The standard InChI is InChI=1S/C47H29N3O2S/c1-3-11-30(12-4-1)49(32-19-22-37-35-15-7-9-17-41(35)51-43(37)27-32)34-21-24-39-40-25-26-46(48-47(40)53-45(39)29-34)50(31-13-5-2-6-14-31)33-20-23-38-36-16-8-10-18-42(36)52-44(38)28-33/h1-29H. The molecule has 0 unspecified atom stereocenters. The van der Waals surface area contributed by atoms with Crippen molar-refractivity contribution in [2.45, 2.75) is 0 Å². The summed E-state index contributed by atoms with van der Waals surface area (Å²) < 4.78 is 13.8. The van der Waals surface area contributed by atoms with Crippen LogP contribution < -0.4 is 9.80 Å². The Labute approximate surface area is 308 Å². The average molecular weight is 700 g/mol. The second kappa shape index (κ2) is 11.8. The number of hydrogen-bond donors (Lipinski definition) is 0. The predicted octanol–water partition coefficient (Wildman–Crippen LogP) is 14.2. The molecule has 0 aliphatic heterocycles. The van der Waals surface area contributed by atoms with Crippen molar-refractivity contribution >= 4 is 110 Å². The predicted molar refractivity (Wildman–Crippen MR) is 221 cm³/mol. The zero-order valence-corrected chi connectivity index (χ0v) is 29.1. The number of benzene rings is 7. The minimum absolute atomic E-state index is 0.844. The van der Waals surface area contributed by atoms with Gasteiger partial charge in [-0.15, -0.1) is 11.3 Å². The molecule has 0 aliphatic rings. The quantitative estimate of drug-likeness (QED) is 0.173. The van der Waals surface area contributed by atoms with Crippen LogP contribution >= 0.6 is 11.3 Å².